The molecule has 4 N–H and O–H groups in total. The van der Waals surface area contributed by atoms with Crippen LogP contribution < -0.4 is 11.5 Å². The van der Waals surface area contributed by atoms with Crippen molar-refractivity contribution < 1.29 is 14.3 Å². The summed E-state index contributed by atoms with van der Waals surface area (Å²) in [5.41, 5.74) is 11.6. The number of benzene rings is 1. The first-order valence-corrected chi connectivity index (χ1v) is 3.45. The van der Waals surface area contributed by atoms with Crippen molar-refractivity contribution in [3.63, 3.8) is 0 Å². The molecule has 1 aromatic rings. The molecule has 13 heavy (non-hydrogen) atoms. The summed E-state index contributed by atoms with van der Waals surface area (Å²) in [6.07, 6.45) is 0. The normalized spacial score (nSPS) is 9.23. The minimum absolute atomic E-state index is 0.0466. The third kappa shape index (κ3) is 1.96. The fourth-order valence-corrected chi connectivity index (χ4v) is 0.858. The molecule has 5 heteroatoms. The minimum atomic E-state index is -0.806. The van der Waals surface area contributed by atoms with Gasteiger partial charge in [-0.05, 0) is 18.2 Å². The number of nitrogen functional groups attached to an aromatic ring is 2. The molecule has 0 aliphatic carbocycles. The third-order valence-electron chi connectivity index (χ3n) is 1.45. The van der Waals surface area contributed by atoms with Crippen LogP contribution in [0.25, 0.3) is 0 Å². The Balaban J connectivity index is 3.05. The Morgan fingerprint density at radius 2 is 2.08 bits per heavy atom. The van der Waals surface area contributed by atoms with Crippen LogP contribution >= 0.6 is 0 Å². The van der Waals surface area contributed by atoms with E-state index < -0.39 is 5.97 Å². The van der Waals surface area contributed by atoms with Gasteiger partial charge in [-0.1, -0.05) is 0 Å². The van der Waals surface area contributed by atoms with E-state index in [4.69, 9.17) is 11.5 Å². The van der Waals surface area contributed by atoms with E-state index in [2.05, 4.69) is 4.74 Å². The van der Waals surface area contributed by atoms with E-state index in [-0.39, 0.29) is 17.7 Å². The van der Waals surface area contributed by atoms with Crippen LogP contribution in [0.1, 0.15) is 10.4 Å². The van der Waals surface area contributed by atoms with Crippen LogP contribution in [-0.2, 0) is 9.53 Å². The molecule has 0 saturated heterocycles. The summed E-state index contributed by atoms with van der Waals surface area (Å²) in [6, 6.07) is 4.37. The maximum atomic E-state index is 11.0. The second-order valence-electron chi connectivity index (χ2n) is 2.35. The molecule has 5 nitrogen and oxygen atoms in total. The molecule has 1 aromatic carbocycles. The molecule has 0 aliphatic rings. The van der Waals surface area contributed by atoms with Gasteiger partial charge in [0.25, 0.3) is 0 Å². The Hall–Kier alpha value is -2.04. The second-order valence-corrected chi connectivity index (χ2v) is 2.35. The van der Waals surface area contributed by atoms with Gasteiger partial charge in [-0.15, -0.1) is 0 Å². The van der Waals surface area contributed by atoms with Crippen molar-refractivity contribution in [1.82, 2.24) is 0 Å². The molecule has 0 fully saturated rings. The van der Waals surface area contributed by atoms with Crippen LogP contribution in [0.4, 0.5) is 11.4 Å². The fraction of sp³-hybridized carbons (Fsp3) is 0. The maximum absolute atomic E-state index is 11.0. The van der Waals surface area contributed by atoms with Crippen molar-refractivity contribution in [2.75, 3.05) is 11.5 Å². The lowest BCUT2D eigenvalue weighted by Crippen LogP contribution is -2.07. The smallest absolute Gasteiger partial charge is 0.347 e. The summed E-state index contributed by atoms with van der Waals surface area (Å²) in [5.74, 6) is -0.806. The average Bonchev–Trinajstić information content (AvgIpc) is 2.09. The molecule has 0 aliphatic heterocycles. The quantitative estimate of drug-likeness (QED) is 0.292. The van der Waals surface area contributed by atoms with Crippen LogP contribution in [-0.4, -0.2) is 12.4 Å². The van der Waals surface area contributed by atoms with Crippen molar-refractivity contribution in [2.24, 2.45) is 0 Å². The predicted molar refractivity (Wildman–Crippen MR) is 46.7 cm³/mol. The predicted octanol–water partition coefficient (Wildman–Crippen LogP) is 0.164. The number of nitrogens with two attached hydrogens (primary N) is 2. The first-order valence-electron chi connectivity index (χ1n) is 3.45. The monoisotopic (exact) mass is 180 g/mol. The van der Waals surface area contributed by atoms with Crippen molar-refractivity contribution in [1.29, 1.82) is 0 Å². The van der Waals surface area contributed by atoms with Crippen molar-refractivity contribution in [3.8, 4) is 0 Å². The highest BCUT2D eigenvalue weighted by Crippen LogP contribution is 2.16. The molecule has 1 rings (SSSR count). The summed E-state index contributed by atoms with van der Waals surface area (Å²) in [4.78, 5) is 20.9. The highest BCUT2D eigenvalue weighted by Gasteiger charge is 2.10. The summed E-state index contributed by atoms with van der Waals surface area (Å²) in [6.45, 7) is 0.0466. The first-order chi connectivity index (χ1) is 6.15. The number of hydrogen-bond donors (Lipinski definition) is 2. The summed E-state index contributed by atoms with van der Waals surface area (Å²) >= 11 is 0. The molecule has 0 aromatic heterocycles. The molecule has 0 heterocycles. The maximum Gasteiger partial charge on any atom is 0.347 e. The van der Waals surface area contributed by atoms with Crippen LogP contribution in [0.5, 0.6) is 0 Å². The van der Waals surface area contributed by atoms with Gasteiger partial charge >= 0.3 is 12.4 Å². The fourth-order valence-electron chi connectivity index (χ4n) is 0.858. The van der Waals surface area contributed by atoms with Gasteiger partial charge in [0.1, 0.15) is 0 Å². The van der Waals surface area contributed by atoms with E-state index in [9.17, 15) is 9.59 Å². The standard InChI is InChI=1S/C8H8N2O3/c9-5-1-2-7(10)6(3-5)8(12)13-4-11/h1-4H,9-10H2. The topological polar surface area (TPSA) is 95.4 Å². The summed E-state index contributed by atoms with van der Waals surface area (Å²) in [7, 11) is 0. The molecular weight excluding hydrogens is 172 g/mol. The van der Waals surface area contributed by atoms with Crippen LogP contribution in [0.2, 0.25) is 0 Å². The number of carbonyl (C=O) groups excluding carboxylic acids is 2. The molecule has 0 spiro atoms. The highest BCUT2D eigenvalue weighted by atomic mass is 16.6. The molecule has 0 bridgehead atoms. The highest BCUT2D eigenvalue weighted by molar-refractivity contribution is 5.98. The average molecular weight is 180 g/mol. The zero-order chi connectivity index (χ0) is 9.84. The molecule has 68 valence electrons. The Labute approximate surface area is 74.3 Å². The van der Waals surface area contributed by atoms with Gasteiger partial charge in [0.2, 0.25) is 0 Å². The van der Waals surface area contributed by atoms with E-state index in [0.29, 0.717) is 5.69 Å². The van der Waals surface area contributed by atoms with E-state index in [1.54, 1.807) is 6.07 Å². The molecule has 0 saturated carbocycles. The van der Waals surface area contributed by atoms with Crippen LogP contribution in [0.15, 0.2) is 18.2 Å². The number of carbonyl (C=O) groups is 2. The van der Waals surface area contributed by atoms with Gasteiger partial charge in [0.05, 0.1) is 5.56 Å². The van der Waals surface area contributed by atoms with Gasteiger partial charge in [-0.25, -0.2) is 4.79 Å². The zero-order valence-corrected chi connectivity index (χ0v) is 6.69. The molecule has 0 amide bonds. The summed E-state index contributed by atoms with van der Waals surface area (Å²) < 4.78 is 4.11. The van der Waals surface area contributed by atoms with E-state index >= 15 is 0 Å². The third-order valence-corrected chi connectivity index (χ3v) is 1.45. The Kier molecular flexibility index (Phi) is 2.49. The second kappa shape index (κ2) is 3.57. The van der Waals surface area contributed by atoms with Crippen LogP contribution in [0.3, 0.4) is 0 Å². The van der Waals surface area contributed by atoms with Crippen molar-refractivity contribution in [2.45, 2.75) is 0 Å². The molecule has 0 radical (unpaired) electrons. The van der Waals surface area contributed by atoms with Crippen LogP contribution in [0, 0.1) is 0 Å². The van der Waals surface area contributed by atoms with Gasteiger partial charge in [-0.2, -0.15) is 0 Å². The number of hydrogen-bond acceptors (Lipinski definition) is 5. The lowest BCUT2D eigenvalue weighted by molar-refractivity contribution is -0.123. The Morgan fingerprint density at radius 1 is 1.38 bits per heavy atom. The van der Waals surface area contributed by atoms with Crippen molar-refractivity contribution >= 4 is 23.8 Å². The first kappa shape index (κ1) is 9.05. The lowest BCUT2D eigenvalue weighted by atomic mass is 10.1. The van der Waals surface area contributed by atoms with Gasteiger partial charge in [0, 0.05) is 11.4 Å². The Morgan fingerprint density at radius 3 is 2.69 bits per heavy atom. The SMILES string of the molecule is Nc1ccc(N)c(C(=O)OC=O)c1. The van der Waals surface area contributed by atoms with Crippen molar-refractivity contribution in [3.05, 3.63) is 23.8 Å². The largest absolute Gasteiger partial charge is 0.399 e. The number of rotatable bonds is 2. The minimum Gasteiger partial charge on any atom is -0.399 e. The van der Waals surface area contributed by atoms with E-state index in [0.717, 1.165) is 0 Å². The zero-order valence-electron chi connectivity index (χ0n) is 6.69. The van der Waals surface area contributed by atoms with Gasteiger partial charge < -0.3 is 16.2 Å². The lowest BCUT2D eigenvalue weighted by Gasteiger charge is -2.02. The van der Waals surface area contributed by atoms with E-state index in [1.165, 1.54) is 12.1 Å². The number of anilines is 2. The van der Waals surface area contributed by atoms with E-state index in [1.807, 2.05) is 0 Å². The molecule has 0 unspecified atom stereocenters. The number of esters is 1. The molecule has 0 atom stereocenters. The summed E-state index contributed by atoms with van der Waals surface area (Å²) in [5, 5.41) is 0. The number of ether oxygens (including phenoxy) is 1. The molecular formula is C8H8N2O3. The van der Waals surface area contributed by atoms with Gasteiger partial charge in [0.15, 0.2) is 0 Å². The Bertz CT molecular complexity index is 349. The van der Waals surface area contributed by atoms with Gasteiger partial charge in [-0.3, -0.25) is 4.79 Å².